The number of anilines is 1. The van der Waals surface area contributed by atoms with E-state index in [1.807, 2.05) is 32.9 Å². The predicted molar refractivity (Wildman–Crippen MR) is 153 cm³/mol. The molecule has 0 saturated heterocycles. The Bertz CT molecular complexity index is 1390. The van der Waals surface area contributed by atoms with Gasteiger partial charge in [-0.1, -0.05) is 49.4 Å². The predicted octanol–water partition coefficient (Wildman–Crippen LogP) is 4.45. The van der Waals surface area contributed by atoms with Crippen LogP contribution in [0.5, 0.6) is 5.75 Å². The molecule has 208 valence electrons. The molecule has 0 fully saturated rings. The van der Waals surface area contributed by atoms with E-state index in [9.17, 15) is 18.0 Å². The van der Waals surface area contributed by atoms with E-state index in [1.165, 1.54) is 17.0 Å². The third-order valence-corrected chi connectivity index (χ3v) is 8.43. The zero-order valence-electron chi connectivity index (χ0n) is 23.2. The molecule has 1 unspecified atom stereocenters. The number of carbonyl (C=O) groups excluding carboxylic acids is 2. The van der Waals surface area contributed by atoms with Gasteiger partial charge in [-0.05, 0) is 74.2 Å². The molecule has 0 spiro atoms. The standard InChI is InChI=1S/C30H37N3O5S/c1-6-18-31-30(35)24(4)32(20-25-13-11-14-26(19-25)38-5)29(34)21-33(28-17-10-12-22(2)23(28)3)39(36,37)27-15-8-7-9-16-27/h7-17,19,24H,6,18,20-21H2,1-5H3,(H,31,35). The van der Waals surface area contributed by atoms with Crippen molar-refractivity contribution >= 4 is 27.5 Å². The third kappa shape index (κ3) is 7.17. The number of nitrogens with zero attached hydrogens (tertiary/aromatic N) is 2. The molecule has 0 bridgehead atoms. The number of nitrogens with one attached hydrogen (secondary N) is 1. The maximum Gasteiger partial charge on any atom is 0.264 e. The van der Waals surface area contributed by atoms with E-state index >= 15 is 0 Å². The number of hydrogen-bond donors (Lipinski definition) is 1. The van der Waals surface area contributed by atoms with Crippen molar-refractivity contribution in [2.24, 2.45) is 0 Å². The van der Waals surface area contributed by atoms with Crippen molar-refractivity contribution in [1.82, 2.24) is 10.2 Å². The molecule has 1 N–H and O–H groups in total. The molecule has 2 amide bonds. The minimum Gasteiger partial charge on any atom is -0.497 e. The number of sulfonamides is 1. The van der Waals surface area contributed by atoms with Gasteiger partial charge in [0.05, 0.1) is 17.7 Å². The zero-order valence-corrected chi connectivity index (χ0v) is 24.0. The summed E-state index contributed by atoms with van der Waals surface area (Å²) in [4.78, 5) is 28.5. The molecule has 0 heterocycles. The van der Waals surface area contributed by atoms with E-state index in [1.54, 1.807) is 62.6 Å². The average Bonchev–Trinajstić information content (AvgIpc) is 2.95. The molecule has 1 atom stereocenters. The van der Waals surface area contributed by atoms with Crippen molar-refractivity contribution in [2.75, 3.05) is 24.5 Å². The molecule has 0 radical (unpaired) electrons. The molecule has 0 aliphatic heterocycles. The van der Waals surface area contributed by atoms with Gasteiger partial charge < -0.3 is 15.0 Å². The Hall–Kier alpha value is -3.85. The number of benzene rings is 3. The summed E-state index contributed by atoms with van der Waals surface area (Å²) < 4.78 is 34.3. The van der Waals surface area contributed by atoms with Gasteiger partial charge in [0.2, 0.25) is 11.8 Å². The van der Waals surface area contributed by atoms with Crippen molar-refractivity contribution in [3.63, 3.8) is 0 Å². The van der Waals surface area contributed by atoms with Crippen LogP contribution in [0.25, 0.3) is 0 Å². The van der Waals surface area contributed by atoms with Crippen LogP contribution in [0.15, 0.2) is 77.7 Å². The van der Waals surface area contributed by atoms with Gasteiger partial charge in [-0.3, -0.25) is 13.9 Å². The molecule has 0 aliphatic carbocycles. The molecule has 0 aliphatic rings. The first-order chi connectivity index (χ1) is 18.6. The van der Waals surface area contributed by atoms with Crippen LogP contribution in [0.3, 0.4) is 0 Å². The molecule has 3 aromatic carbocycles. The summed E-state index contributed by atoms with van der Waals surface area (Å²) in [5, 5.41) is 2.84. The first-order valence-electron chi connectivity index (χ1n) is 12.9. The van der Waals surface area contributed by atoms with Crippen LogP contribution >= 0.6 is 0 Å². The second kappa shape index (κ2) is 13.3. The van der Waals surface area contributed by atoms with Crippen LogP contribution in [0, 0.1) is 13.8 Å². The second-order valence-electron chi connectivity index (χ2n) is 9.38. The fourth-order valence-electron chi connectivity index (χ4n) is 4.18. The summed E-state index contributed by atoms with van der Waals surface area (Å²) in [6, 6.07) is 19.8. The van der Waals surface area contributed by atoms with Gasteiger partial charge >= 0.3 is 0 Å². The van der Waals surface area contributed by atoms with Crippen molar-refractivity contribution in [3.8, 4) is 5.75 Å². The minimum atomic E-state index is -4.10. The van der Waals surface area contributed by atoms with Crippen molar-refractivity contribution in [2.45, 2.75) is 51.6 Å². The lowest BCUT2D eigenvalue weighted by atomic mass is 10.1. The molecule has 9 heteroatoms. The first kappa shape index (κ1) is 29.7. The van der Waals surface area contributed by atoms with Crippen LogP contribution in [0.1, 0.15) is 37.0 Å². The summed E-state index contributed by atoms with van der Waals surface area (Å²) in [5.74, 6) is -0.193. The Balaban J connectivity index is 2.06. The highest BCUT2D eigenvalue weighted by molar-refractivity contribution is 7.92. The van der Waals surface area contributed by atoms with Gasteiger partial charge in [-0.2, -0.15) is 0 Å². The number of amides is 2. The fourth-order valence-corrected chi connectivity index (χ4v) is 5.68. The molecule has 0 aromatic heterocycles. The number of ether oxygens (including phenoxy) is 1. The largest absolute Gasteiger partial charge is 0.497 e. The minimum absolute atomic E-state index is 0.0757. The maximum absolute atomic E-state index is 14.0. The number of hydrogen-bond acceptors (Lipinski definition) is 5. The van der Waals surface area contributed by atoms with Gasteiger partial charge in [0.1, 0.15) is 18.3 Å². The Morgan fingerprint density at radius 1 is 0.974 bits per heavy atom. The van der Waals surface area contributed by atoms with Crippen LogP contribution in [0.2, 0.25) is 0 Å². The van der Waals surface area contributed by atoms with Gasteiger partial charge in [0.25, 0.3) is 10.0 Å². The van der Waals surface area contributed by atoms with Crippen molar-refractivity contribution in [1.29, 1.82) is 0 Å². The lowest BCUT2D eigenvalue weighted by Gasteiger charge is -2.32. The van der Waals surface area contributed by atoms with Crippen molar-refractivity contribution < 1.29 is 22.7 Å². The van der Waals surface area contributed by atoms with E-state index in [-0.39, 0.29) is 17.3 Å². The van der Waals surface area contributed by atoms with E-state index in [0.29, 0.717) is 18.0 Å². The van der Waals surface area contributed by atoms with Crippen LogP contribution in [0.4, 0.5) is 5.69 Å². The Morgan fingerprint density at radius 3 is 2.33 bits per heavy atom. The highest BCUT2D eigenvalue weighted by Gasteiger charge is 2.33. The monoisotopic (exact) mass is 551 g/mol. The SMILES string of the molecule is CCCNC(=O)C(C)N(Cc1cccc(OC)c1)C(=O)CN(c1cccc(C)c1C)S(=O)(=O)c1ccccc1. The van der Waals surface area contributed by atoms with Crippen LogP contribution in [-0.4, -0.2) is 51.4 Å². The molecule has 3 aromatic rings. The summed E-state index contributed by atoms with van der Waals surface area (Å²) in [6.07, 6.45) is 0.748. The van der Waals surface area contributed by atoms with Crippen molar-refractivity contribution in [3.05, 3.63) is 89.5 Å². The number of aryl methyl sites for hydroxylation is 1. The fraction of sp³-hybridized carbons (Fsp3) is 0.333. The van der Waals surface area contributed by atoms with E-state index < -0.39 is 28.5 Å². The van der Waals surface area contributed by atoms with Gasteiger partial charge in [-0.15, -0.1) is 0 Å². The topological polar surface area (TPSA) is 96.0 Å². The summed E-state index contributed by atoms with van der Waals surface area (Å²) in [7, 11) is -2.55. The molecule has 39 heavy (non-hydrogen) atoms. The Labute approximate surface area is 231 Å². The first-order valence-corrected chi connectivity index (χ1v) is 14.4. The molecular formula is C30H37N3O5S. The lowest BCUT2D eigenvalue weighted by molar-refractivity contribution is -0.139. The van der Waals surface area contributed by atoms with Gasteiger partial charge in [0, 0.05) is 13.1 Å². The Kier molecular flexibility index (Phi) is 10.1. The quantitative estimate of drug-likeness (QED) is 0.359. The summed E-state index contributed by atoms with van der Waals surface area (Å²) in [5.41, 5.74) is 2.81. The van der Waals surface area contributed by atoms with Gasteiger partial charge in [0.15, 0.2) is 0 Å². The Morgan fingerprint density at radius 2 is 1.67 bits per heavy atom. The molecule has 8 nitrogen and oxygen atoms in total. The summed E-state index contributed by atoms with van der Waals surface area (Å²) in [6.45, 7) is 7.42. The highest BCUT2D eigenvalue weighted by atomic mass is 32.2. The van der Waals surface area contributed by atoms with Gasteiger partial charge in [-0.25, -0.2) is 8.42 Å². The zero-order chi connectivity index (χ0) is 28.6. The number of carbonyl (C=O) groups is 2. The van der Waals surface area contributed by atoms with E-state index in [0.717, 1.165) is 27.4 Å². The number of methoxy groups -OCH3 is 1. The van der Waals surface area contributed by atoms with E-state index in [2.05, 4.69) is 5.32 Å². The molecule has 3 rings (SSSR count). The lowest BCUT2D eigenvalue weighted by Crippen LogP contribution is -2.51. The number of rotatable bonds is 12. The maximum atomic E-state index is 14.0. The highest BCUT2D eigenvalue weighted by Crippen LogP contribution is 2.29. The van der Waals surface area contributed by atoms with Crippen LogP contribution < -0.4 is 14.4 Å². The second-order valence-corrected chi connectivity index (χ2v) is 11.2. The third-order valence-electron chi connectivity index (χ3n) is 6.66. The molecule has 0 saturated carbocycles. The normalized spacial score (nSPS) is 11.9. The smallest absolute Gasteiger partial charge is 0.264 e. The van der Waals surface area contributed by atoms with E-state index in [4.69, 9.17) is 4.74 Å². The van der Waals surface area contributed by atoms with Crippen LogP contribution in [-0.2, 0) is 26.2 Å². The summed E-state index contributed by atoms with van der Waals surface area (Å²) >= 11 is 0. The average molecular weight is 552 g/mol. The molecular weight excluding hydrogens is 514 g/mol.